The number of carbonyl (C=O) groups is 1. The van der Waals surface area contributed by atoms with E-state index in [4.69, 9.17) is 4.74 Å². The van der Waals surface area contributed by atoms with Gasteiger partial charge in [0.05, 0.1) is 12.5 Å². The quantitative estimate of drug-likeness (QED) is 0.927. The van der Waals surface area contributed by atoms with Crippen LogP contribution in [-0.4, -0.2) is 22.8 Å². The van der Waals surface area contributed by atoms with E-state index >= 15 is 0 Å². The van der Waals surface area contributed by atoms with Crippen LogP contribution in [-0.2, 0) is 10.2 Å². The Balaban J connectivity index is 2.79. The third-order valence-electron chi connectivity index (χ3n) is 3.80. The average molecular weight is 275 g/mol. The number of aromatic nitrogens is 1. The number of benzene rings is 1. The number of methoxy groups -OCH3 is 1. The Bertz CT molecular complexity index is 653. The van der Waals surface area contributed by atoms with Gasteiger partial charge in [-0.05, 0) is 51.5 Å². The first-order chi connectivity index (χ1) is 9.28. The van der Waals surface area contributed by atoms with Gasteiger partial charge in [-0.25, -0.2) is 0 Å². The summed E-state index contributed by atoms with van der Waals surface area (Å²) in [6.07, 6.45) is 1.95. The maximum Gasteiger partial charge on any atom is 0.313 e. The Labute approximate surface area is 119 Å². The summed E-state index contributed by atoms with van der Waals surface area (Å²) in [6, 6.07) is 6.06. The molecule has 2 rings (SSSR count). The third kappa shape index (κ3) is 2.15. The molecule has 1 N–H and O–H groups in total. The van der Waals surface area contributed by atoms with Crippen molar-refractivity contribution in [3.05, 3.63) is 30.0 Å². The van der Waals surface area contributed by atoms with Crippen LogP contribution in [0.3, 0.4) is 0 Å². The predicted molar refractivity (Wildman–Crippen MR) is 79.5 cm³/mol. The van der Waals surface area contributed by atoms with Crippen LogP contribution in [0.5, 0.6) is 5.75 Å². The van der Waals surface area contributed by atoms with Crippen molar-refractivity contribution < 1.29 is 14.6 Å². The van der Waals surface area contributed by atoms with Crippen LogP contribution in [0.25, 0.3) is 10.9 Å². The van der Waals surface area contributed by atoms with E-state index in [2.05, 4.69) is 18.4 Å². The molecule has 0 saturated carbocycles. The van der Waals surface area contributed by atoms with Crippen molar-refractivity contribution in [2.24, 2.45) is 0 Å². The predicted octanol–water partition coefficient (Wildman–Crippen LogP) is 3.59. The normalized spacial score (nSPS) is 12.1. The number of carboxylic acid groups (broad SMARTS) is 1. The van der Waals surface area contributed by atoms with Crippen molar-refractivity contribution in [2.45, 2.75) is 39.2 Å². The summed E-state index contributed by atoms with van der Waals surface area (Å²) in [4.78, 5) is 11.6. The van der Waals surface area contributed by atoms with E-state index in [1.165, 1.54) is 0 Å². The molecule has 2 aromatic rings. The summed E-state index contributed by atoms with van der Waals surface area (Å²) in [5, 5.41) is 10.4. The molecule has 4 heteroatoms. The molecule has 1 heterocycles. The monoisotopic (exact) mass is 275 g/mol. The fourth-order valence-electron chi connectivity index (χ4n) is 2.40. The van der Waals surface area contributed by atoms with Crippen molar-refractivity contribution in [1.29, 1.82) is 0 Å². The molecule has 0 fully saturated rings. The molecule has 0 amide bonds. The lowest BCUT2D eigenvalue weighted by molar-refractivity contribution is -0.142. The first kappa shape index (κ1) is 14.4. The van der Waals surface area contributed by atoms with Crippen LogP contribution in [0.15, 0.2) is 24.4 Å². The van der Waals surface area contributed by atoms with Crippen LogP contribution in [0.1, 0.15) is 39.3 Å². The standard InChI is InChI=1S/C16H21NO3/c1-10(2)17-9-13(16(3,4)15(18)19)12-8-11(20-5)6-7-14(12)17/h6-10H,1-5H3,(H,18,19). The second kappa shape index (κ2) is 4.85. The van der Waals surface area contributed by atoms with Gasteiger partial charge in [0.15, 0.2) is 0 Å². The molecule has 0 aliphatic rings. The largest absolute Gasteiger partial charge is 0.497 e. The van der Waals surface area contributed by atoms with Gasteiger partial charge in [-0.15, -0.1) is 0 Å². The summed E-state index contributed by atoms with van der Waals surface area (Å²) in [6.45, 7) is 7.63. The Hall–Kier alpha value is -1.97. The minimum Gasteiger partial charge on any atom is -0.497 e. The number of hydrogen-bond donors (Lipinski definition) is 1. The van der Waals surface area contributed by atoms with Gasteiger partial charge in [0.2, 0.25) is 0 Å². The van der Waals surface area contributed by atoms with Crippen molar-refractivity contribution in [1.82, 2.24) is 4.57 Å². The van der Waals surface area contributed by atoms with Crippen molar-refractivity contribution in [3.8, 4) is 5.75 Å². The zero-order chi connectivity index (χ0) is 15.1. The topological polar surface area (TPSA) is 51.5 Å². The Morgan fingerprint density at radius 3 is 2.50 bits per heavy atom. The fraction of sp³-hybridized carbons (Fsp3) is 0.438. The summed E-state index contributed by atoms with van der Waals surface area (Å²) in [7, 11) is 1.61. The highest BCUT2D eigenvalue weighted by Crippen LogP contribution is 2.35. The van der Waals surface area contributed by atoms with Crippen molar-refractivity contribution in [2.75, 3.05) is 7.11 Å². The number of nitrogens with zero attached hydrogens (tertiary/aromatic N) is 1. The number of fused-ring (bicyclic) bond motifs is 1. The highest BCUT2D eigenvalue weighted by Gasteiger charge is 2.33. The fourth-order valence-corrected chi connectivity index (χ4v) is 2.40. The van der Waals surface area contributed by atoms with Gasteiger partial charge in [-0.3, -0.25) is 4.79 Å². The van der Waals surface area contributed by atoms with Gasteiger partial charge in [-0.1, -0.05) is 0 Å². The average Bonchev–Trinajstić information content (AvgIpc) is 2.77. The molecule has 0 aliphatic heterocycles. The van der Waals surface area contributed by atoms with E-state index in [0.29, 0.717) is 0 Å². The lowest BCUT2D eigenvalue weighted by atomic mass is 9.84. The smallest absolute Gasteiger partial charge is 0.313 e. The van der Waals surface area contributed by atoms with Crippen LogP contribution >= 0.6 is 0 Å². The molecule has 0 radical (unpaired) electrons. The van der Waals surface area contributed by atoms with Crippen LogP contribution in [0.2, 0.25) is 0 Å². The van der Waals surface area contributed by atoms with E-state index in [-0.39, 0.29) is 6.04 Å². The lowest BCUT2D eigenvalue weighted by Gasteiger charge is -2.18. The number of aliphatic carboxylic acids is 1. The van der Waals surface area contributed by atoms with Gasteiger partial charge in [0.1, 0.15) is 5.75 Å². The molecule has 0 saturated heterocycles. The molecule has 1 aromatic heterocycles. The summed E-state index contributed by atoms with van der Waals surface area (Å²) in [5.41, 5.74) is 0.905. The van der Waals surface area contributed by atoms with E-state index in [9.17, 15) is 9.90 Å². The summed E-state index contributed by atoms with van der Waals surface area (Å²) in [5.74, 6) is -0.0930. The number of hydrogen-bond acceptors (Lipinski definition) is 2. The molecule has 1 aromatic carbocycles. The number of ether oxygens (including phenoxy) is 1. The van der Waals surface area contributed by atoms with E-state index in [0.717, 1.165) is 22.2 Å². The van der Waals surface area contributed by atoms with Crippen LogP contribution in [0, 0.1) is 0 Å². The van der Waals surface area contributed by atoms with Crippen LogP contribution in [0.4, 0.5) is 0 Å². The highest BCUT2D eigenvalue weighted by atomic mass is 16.5. The zero-order valence-corrected chi connectivity index (χ0v) is 12.6. The second-order valence-corrected chi connectivity index (χ2v) is 5.86. The first-order valence-electron chi connectivity index (χ1n) is 6.71. The zero-order valence-electron chi connectivity index (χ0n) is 12.6. The van der Waals surface area contributed by atoms with Crippen LogP contribution < -0.4 is 4.74 Å². The number of carboxylic acids is 1. The molecule has 0 aliphatic carbocycles. The SMILES string of the molecule is COc1ccc2c(c1)c(C(C)(C)C(=O)O)cn2C(C)C. The lowest BCUT2D eigenvalue weighted by Crippen LogP contribution is -2.28. The Morgan fingerprint density at radius 1 is 1.35 bits per heavy atom. The van der Waals surface area contributed by atoms with E-state index < -0.39 is 11.4 Å². The second-order valence-electron chi connectivity index (χ2n) is 5.86. The molecule has 0 spiro atoms. The molecule has 108 valence electrons. The van der Waals surface area contributed by atoms with Crippen molar-refractivity contribution >= 4 is 16.9 Å². The molecule has 0 bridgehead atoms. The van der Waals surface area contributed by atoms with E-state index in [1.54, 1.807) is 21.0 Å². The molecule has 4 nitrogen and oxygen atoms in total. The van der Waals surface area contributed by atoms with Gasteiger partial charge in [0, 0.05) is 23.1 Å². The maximum absolute atomic E-state index is 11.6. The van der Waals surface area contributed by atoms with Gasteiger partial charge < -0.3 is 14.4 Å². The number of rotatable bonds is 4. The Kier molecular flexibility index (Phi) is 3.50. The van der Waals surface area contributed by atoms with Gasteiger partial charge in [0.25, 0.3) is 0 Å². The Morgan fingerprint density at radius 2 is 2.00 bits per heavy atom. The molecule has 0 atom stereocenters. The molecule has 20 heavy (non-hydrogen) atoms. The molecular formula is C16H21NO3. The highest BCUT2D eigenvalue weighted by molar-refractivity contribution is 5.92. The summed E-state index contributed by atoms with van der Waals surface area (Å²) < 4.78 is 7.37. The third-order valence-corrected chi connectivity index (χ3v) is 3.80. The minimum absolute atomic E-state index is 0.268. The van der Waals surface area contributed by atoms with E-state index in [1.807, 2.05) is 24.4 Å². The first-order valence-corrected chi connectivity index (χ1v) is 6.71. The summed E-state index contributed by atoms with van der Waals surface area (Å²) >= 11 is 0. The van der Waals surface area contributed by atoms with Gasteiger partial charge >= 0.3 is 5.97 Å². The molecular weight excluding hydrogens is 254 g/mol. The van der Waals surface area contributed by atoms with Crippen molar-refractivity contribution in [3.63, 3.8) is 0 Å². The van der Waals surface area contributed by atoms with Gasteiger partial charge in [-0.2, -0.15) is 0 Å². The molecule has 0 unspecified atom stereocenters. The minimum atomic E-state index is -0.940. The maximum atomic E-state index is 11.6.